The fraction of sp³-hybridized carbons (Fsp3) is 0.375. The second-order valence-corrected chi connectivity index (χ2v) is 10.8. The molecule has 2 heterocycles. The Morgan fingerprint density at radius 1 is 1.12 bits per heavy atom. The summed E-state index contributed by atoms with van der Waals surface area (Å²) >= 11 is 0. The Labute approximate surface area is 191 Å². The van der Waals surface area contributed by atoms with E-state index in [0.717, 1.165) is 48.2 Å². The molecule has 1 aliphatic heterocycles. The normalized spacial score (nSPS) is 16.2. The Bertz CT molecular complexity index is 1310. The number of aryl methyl sites for hydroxylation is 1. The summed E-state index contributed by atoms with van der Waals surface area (Å²) in [5, 5.41) is -2.34. The van der Waals surface area contributed by atoms with Crippen LogP contribution in [0, 0.1) is 6.92 Å². The van der Waals surface area contributed by atoms with Crippen LogP contribution in [0.3, 0.4) is 0 Å². The van der Waals surface area contributed by atoms with Gasteiger partial charge in [0.1, 0.15) is 11.9 Å². The first-order valence-corrected chi connectivity index (χ1v) is 12.3. The predicted octanol–water partition coefficient (Wildman–Crippen LogP) is 4.27. The summed E-state index contributed by atoms with van der Waals surface area (Å²) in [6.07, 6.45) is 3.32. The molecule has 4 rings (SSSR count). The van der Waals surface area contributed by atoms with Gasteiger partial charge in [0.2, 0.25) is 9.84 Å². The molecule has 1 fully saturated rings. The van der Waals surface area contributed by atoms with Crippen molar-refractivity contribution in [1.29, 1.82) is 0 Å². The van der Waals surface area contributed by atoms with Crippen LogP contribution < -0.4 is 10.3 Å². The Balaban J connectivity index is 1.36. The third kappa shape index (κ3) is 4.94. The van der Waals surface area contributed by atoms with Gasteiger partial charge in [-0.2, -0.15) is 8.78 Å². The molecule has 176 valence electrons. The van der Waals surface area contributed by atoms with Gasteiger partial charge in [0.15, 0.2) is 0 Å². The zero-order valence-electron chi connectivity index (χ0n) is 18.5. The maximum absolute atomic E-state index is 13.3. The maximum Gasteiger partial charge on any atom is 0.347 e. The topological polar surface area (TPSA) is 79.5 Å². The van der Waals surface area contributed by atoms with Crippen molar-refractivity contribution in [1.82, 2.24) is 9.88 Å². The van der Waals surface area contributed by atoms with Crippen LogP contribution in [0.15, 0.2) is 58.4 Å². The van der Waals surface area contributed by atoms with Crippen LogP contribution in [0.25, 0.3) is 10.8 Å². The molecular weight excluding hydrogens is 450 g/mol. The number of nitrogens with zero attached hydrogens (tertiary/aromatic N) is 1. The third-order valence-corrected chi connectivity index (χ3v) is 7.85. The first-order valence-electron chi connectivity index (χ1n) is 10.8. The summed E-state index contributed by atoms with van der Waals surface area (Å²) < 4.78 is 56.7. The highest BCUT2D eigenvalue weighted by Gasteiger charge is 2.40. The van der Waals surface area contributed by atoms with Gasteiger partial charge in [0.25, 0.3) is 5.56 Å². The van der Waals surface area contributed by atoms with Gasteiger partial charge in [-0.1, -0.05) is 12.1 Å². The Morgan fingerprint density at radius 2 is 1.79 bits per heavy atom. The van der Waals surface area contributed by atoms with E-state index < -0.39 is 15.1 Å². The second-order valence-electron chi connectivity index (χ2n) is 8.56. The number of sulfone groups is 1. The molecule has 0 radical (unpaired) electrons. The second kappa shape index (κ2) is 8.87. The molecule has 9 heteroatoms. The quantitative estimate of drug-likeness (QED) is 0.575. The molecule has 0 unspecified atom stereocenters. The third-order valence-electron chi connectivity index (χ3n) is 6.01. The number of pyridine rings is 1. The number of halogens is 2. The van der Waals surface area contributed by atoms with Crippen molar-refractivity contribution >= 4 is 20.6 Å². The van der Waals surface area contributed by atoms with Gasteiger partial charge in [-0.15, -0.1) is 0 Å². The SMILES string of the molecule is Cc1cc2c(=O)[nH]ccc2cc1OC1CCN(Cc2ccc(S(=O)(=O)C(C)(F)F)cc2)CC1. The summed E-state index contributed by atoms with van der Waals surface area (Å²) in [5.74, 6) is 0.774. The zero-order valence-corrected chi connectivity index (χ0v) is 19.3. The molecule has 1 aromatic heterocycles. The number of benzene rings is 2. The number of likely N-dealkylation sites (tertiary alicyclic amines) is 1. The molecule has 1 saturated heterocycles. The lowest BCUT2D eigenvalue weighted by molar-refractivity contribution is 0.0964. The van der Waals surface area contributed by atoms with Gasteiger partial charge in [-0.25, -0.2) is 8.42 Å². The van der Waals surface area contributed by atoms with Gasteiger partial charge >= 0.3 is 5.25 Å². The van der Waals surface area contributed by atoms with Crippen LogP contribution >= 0.6 is 0 Å². The number of hydrogen-bond donors (Lipinski definition) is 1. The Hall–Kier alpha value is -2.78. The molecule has 3 aromatic rings. The summed E-state index contributed by atoms with van der Waals surface area (Å²) in [6, 6.07) is 11.3. The minimum Gasteiger partial charge on any atom is -0.490 e. The van der Waals surface area contributed by atoms with Crippen molar-refractivity contribution in [2.24, 2.45) is 0 Å². The fourth-order valence-electron chi connectivity index (χ4n) is 4.05. The molecule has 0 bridgehead atoms. The molecule has 1 aliphatic rings. The summed E-state index contributed by atoms with van der Waals surface area (Å²) in [5.41, 5.74) is 1.65. The van der Waals surface area contributed by atoms with Crippen molar-refractivity contribution < 1.29 is 21.9 Å². The average Bonchev–Trinajstić information content (AvgIpc) is 2.76. The van der Waals surface area contributed by atoms with E-state index in [9.17, 15) is 22.0 Å². The van der Waals surface area contributed by atoms with Crippen molar-refractivity contribution in [3.05, 3.63) is 70.1 Å². The maximum atomic E-state index is 13.3. The molecule has 33 heavy (non-hydrogen) atoms. The van der Waals surface area contributed by atoms with Crippen LogP contribution in [0.1, 0.15) is 30.9 Å². The number of hydrogen-bond acceptors (Lipinski definition) is 5. The number of fused-ring (bicyclic) bond motifs is 1. The first-order chi connectivity index (χ1) is 15.5. The van der Waals surface area contributed by atoms with Crippen LogP contribution in [0.5, 0.6) is 5.75 Å². The number of ether oxygens (including phenoxy) is 1. The number of H-pyrrole nitrogens is 1. The lowest BCUT2D eigenvalue weighted by atomic mass is 10.1. The predicted molar refractivity (Wildman–Crippen MR) is 122 cm³/mol. The zero-order chi connectivity index (χ0) is 23.8. The van der Waals surface area contributed by atoms with Crippen molar-refractivity contribution in [3.8, 4) is 5.75 Å². The molecule has 0 saturated carbocycles. The molecule has 2 aromatic carbocycles. The van der Waals surface area contributed by atoms with E-state index in [4.69, 9.17) is 4.74 Å². The van der Waals surface area contributed by atoms with E-state index in [-0.39, 0.29) is 16.6 Å². The van der Waals surface area contributed by atoms with Gasteiger partial charge in [-0.3, -0.25) is 9.69 Å². The van der Waals surface area contributed by atoms with Crippen LogP contribution in [-0.4, -0.2) is 42.7 Å². The molecular formula is C24H26F2N2O4S. The highest BCUT2D eigenvalue weighted by molar-refractivity contribution is 7.92. The summed E-state index contributed by atoms with van der Waals surface area (Å²) in [7, 11) is -4.67. The molecule has 0 atom stereocenters. The summed E-state index contributed by atoms with van der Waals surface area (Å²) in [4.78, 5) is 16.5. The standard InChI is InChI=1S/C24H26F2N2O4S/c1-16-13-21-18(7-10-27-23(21)29)14-22(16)32-19-8-11-28(12-9-19)15-17-3-5-20(6-4-17)33(30,31)24(2,25)26/h3-7,10,13-14,19H,8-9,11-12,15H2,1-2H3,(H,27,29). The molecule has 0 aliphatic carbocycles. The van der Waals surface area contributed by atoms with E-state index in [1.807, 2.05) is 25.1 Å². The number of aromatic nitrogens is 1. The highest BCUT2D eigenvalue weighted by atomic mass is 32.2. The van der Waals surface area contributed by atoms with Crippen LogP contribution in [0.2, 0.25) is 0 Å². The van der Waals surface area contributed by atoms with E-state index in [0.29, 0.717) is 18.9 Å². The fourth-order valence-corrected chi connectivity index (χ4v) is 4.96. The Morgan fingerprint density at radius 3 is 2.42 bits per heavy atom. The van der Waals surface area contributed by atoms with Gasteiger partial charge in [-0.05, 0) is 66.6 Å². The van der Waals surface area contributed by atoms with Gasteiger partial charge in [0.05, 0.1) is 4.90 Å². The minimum atomic E-state index is -4.67. The lowest BCUT2D eigenvalue weighted by Gasteiger charge is -2.32. The molecule has 0 spiro atoms. The van der Waals surface area contributed by atoms with Gasteiger partial charge < -0.3 is 9.72 Å². The number of alkyl halides is 2. The average molecular weight is 477 g/mol. The van der Waals surface area contributed by atoms with E-state index in [2.05, 4.69) is 9.88 Å². The van der Waals surface area contributed by atoms with Gasteiger partial charge in [0, 0.05) is 38.1 Å². The van der Waals surface area contributed by atoms with Crippen LogP contribution in [0.4, 0.5) is 8.78 Å². The summed E-state index contributed by atoms with van der Waals surface area (Å²) in [6.45, 7) is 4.51. The smallest absolute Gasteiger partial charge is 0.347 e. The first kappa shape index (κ1) is 23.4. The van der Waals surface area contributed by atoms with Crippen molar-refractivity contribution in [2.45, 2.75) is 49.5 Å². The van der Waals surface area contributed by atoms with Crippen molar-refractivity contribution in [3.63, 3.8) is 0 Å². The number of rotatable bonds is 6. The largest absolute Gasteiger partial charge is 0.490 e. The van der Waals surface area contributed by atoms with E-state index >= 15 is 0 Å². The minimum absolute atomic E-state index is 0.0544. The van der Waals surface area contributed by atoms with E-state index in [1.165, 1.54) is 12.1 Å². The van der Waals surface area contributed by atoms with Crippen LogP contribution in [-0.2, 0) is 16.4 Å². The molecule has 0 amide bonds. The van der Waals surface area contributed by atoms with Crippen molar-refractivity contribution in [2.75, 3.05) is 13.1 Å². The Kier molecular flexibility index (Phi) is 6.28. The highest BCUT2D eigenvalue weighted by Crippen LogP contribution is 2.29. The monoisotopic (exact) mass is 476 g/mol. The number of nitrogens with one attached hydrogen (secondary N) is 1. The molecule has 1 N–H and O–H groups in total. The number of aromatic amines is 1. The number of piperidine rings is 1. The lowest BCUT2D eigenvalue weighted by Crippen LogP contribution is -2.37. The van der Waals surface area contributed by atoms with E-state index in [1.54, 1.807) is 18.3 Å². The molecule has 6 nitrogen and oxygen atoms in total.